The van der Waals surface area contributed by atoms with Gasteiger partial charge in [-0.15, -0.1) is 0 Å². The number of pyridine rings is 2. The van der Waals surface area contributed by atoms with E-state index in [-0.39, 0.29) is 18.7 Å². The first-order chi connectivity index (χ1) is 14.2. The Hall–Kier alpha value is -2.56. The molecule has 2 atom stereocenters. The first-order valence-corrected chi connectivity index (χ1v) is 10.5. The predicted octanol–water partition coefficient (Wildman–Crippen LogP) is 5.05. The SMILES string of the molecule is Cc1cccnc1C1CCCC(c2ncccc2C)N1Cc1ccccc1CO. The Morgan fingerprint density at radius 2 is 1.38 bits per heavy atom. The van der Waals surface area contributed by atoms with Gasteiger partial charge in [0.1, 0.15) is 0 Å². The van der Waals surface area contributed by atoms with Crippen LogP contribution in [0.4, 0.5) is 0 Å². The highest BCUT2D eigenvalue weighted by Crippen LogP contribution is 2.43. The average molecular weight is 388 g/mol. The summed E-state index contributed by atoms with van der Waals surface area (Å²) < 4.78 is 0. The molecule has 1 aliphatic rings. The van der Waals surface area contributed by atoms with Crippen LogP contribution in [-0.4, -0.2) is 20.0 Å². The second-order valence-electron chi connectivity index (χ2n) is 7.97. The Balaban J connectivity index is 1.78. The normalized spacial score (nSPS) is 20.0. The van der Waals surface area contributed by atoms with Crippen molar-refractivity contribution < 1.29 is 5.11 Å². The summed E-state index contributed by atoms with van der Waals surface area (Å²) in [5.41, 5.74) is 6.95. The molecule has 0 radical (unpaired) electrons. The molecule has 0 bridgehead atoms. The van der Waals surface area contributed by atoms with Crippen LogP contribution in [0.2, 0.25) is 0 Å². The number of rotatable bonds is 5. The summed E-state index contributed by atoms with van der Waals surface area (Å²) in [7, 11) is 0. The predicted molar refractivity (Wildman–Crippen MR) is 115 cm³/mol. The third kappa shape index (κ3) is 4.09. The van der Waals surface area contributed by atoms with E-state index in [1.165, 1.54) is 16.7 Å². The van der Waals surface area contributed by atoms with E-state index in [0.717, 1.165) is 42.8 Å². The highest BCUT2D eigenvalue weighted by atomic mass is 16.3. The summed E-state index contributed by atoms with van der Waals surface area (Å²) in [5.74, 6) is 0. The lowest BCUT2D eigenvalue weighted by molar-refractivity contribution is 0.0672. The highest BCUT2D eigenvalue weighted by Gasteiger charge is 2.35. The van der Waals surface area contributed by atoms with Crippen LogP contribution in [0.15, 0.2) is 60.9 Å². The number of hydrogen-bond acceptors (Lipinski definition) is 4. The number of hydrogen-bond donors (Lipinski definition) is 1. The molecule has 0 aliphatic carbocycles. The van der Waals surface area contributed by atoms with E-state index in [1.54, 1.807) is 0 Å². The van der Waals surface area contributed by atoms with Crippen molar-refractivity contribution in [2.45, 2.75) is 58.3 Å². The smallest absolute Gasteiger partial charge is 0.0685 e. The first kappa shape index (κ1) is 19.7. The van der Waals surface area contributed by atoms with Gasteiger partial charge in [0.2, 0.25) is 0 Å². The largest absolute Gasteiger partial charge is 0.392 e. The standard InChI is InChI=1S/C25H29N3O/c1-18-8-6-14-26-24(18)22-12-5-13-23(25-19(2)9-7-15-27-25)28(22)16-20-10-3-4-11-21(20)17-29/h3-4,6-11,14-15,22-23,29H,5,12-13,16-17H2,1-2H3. The van der Waals surface area contributed by atoms with Crippen LogP contribution in [0, 0.1) is 13.8 Å². The fourth-order valence-corrected chi connectivity index (χ4v) is 4.62. The molecule has 1 saturated heterocycles. The number of aliphatic hydroxyl groups is 1. The Kier molecular flexibility index (Phi) is 6.02. The molecule has 3 heterocycles. The molecule has 0 spiro atoms. The summed E-state index contributed by atoms with van der Waals surface area (Å²) in [6, 6.07) is 17.0. The van der Waals surface area contributed by atoms with Crippen molar-refractivity contribution in [3.8, 4) is 0 Å². The molecular weight excluding hydrogens is 358 g/mol. The van der Waals surface area contributed by atoms with Gasteiger partial charge in [0.05, 0.1) is 30.1 Å². The fourth-order valence-electron chi connectivity index (χ4n) is 4.62. The first-order valence-electron chi connectivity index (χ1n) is 10.5. The lowest BCUT2D eigenvalue weighted by atomic mass is 9.88. The van der Waals surface area contributed by atoms with Gasteiger partial charge in [-0.2, -0.15) is 0 Å². The van der Waals surface area contributed by atoms with Crippen molar-refractivity contribution in [3.63, 3.8) is 0 Å². The molecule has 4 nitrogen and oxygen atoms in total. The minimum atomic E-state index is 0.0601. The number of aliphatic hydroxyl groups excluding tert-OH is 1. The quantitative estimate of drug-likeness (QED) is 0.665. The molecule has 2 unspecified atom stereocenters. The van der Waals surface area contributed by atoms with Gasteiger partial charge < -0.3 is 5.11 Å². The molecule has 0 amide bonds. The molecule has 2 aromatic heterocycles. The third-order valence-corrected chi connectivity index (χ3v) is 6.13. The molecule has 1 N–H and O–H groups in total. The molecular formula is C25H29N3O. The lowest BCUT2D eigenvalue weighted by Gasteiger charge is -2.42. The zero-order valence-corrected chi connectivity index (χ0v) is 17.3. The van der Waals surface area contributed by atoms with E-state index in [2.05, 4.69) is 43.0 Å². The van der Waals surface area contributed by atoms with E-state index in [9.17, 15) is 5.11 Å². The van der Waals surface area contributed by atoms with Gasteiger partial charge >= 0.3 is 0 Å². The number of nitrogens with zero attached hydrogens (tertiary/aromatic N) is 3. The van der Waals surface area contributed by atoms with Crippen molar-refractivity contribution in [1.29, 1.82) is 0 Å². The van der Waals surface area contributed by atoms with Crippen molar-refractivity contribution in [2.24, 2.45) is 0 Å². The summed E-state index contributed by atoms with van der Waals surface area (Å²) in [4.78, 5) is 12.1. The molecule has 1 aromatic carbocycles. The Bertz CT molecular complexity index is 918. The minimum Gasteiger partial charge on any atom is -0.392 e. The van der Waals surface area contributed by atoms with Gasteiger partial charge in [0.25, 0.3) is 0 Å². The van der Waals surface area contributed by atoms with Crippen LogP contribution < -0.4 is 0 Å². The second-order valence-corrected chi connectivity index (χ2v) is 7.97. The lowest BCUT2D eigenvalue weighted by Crippen LogP contribution is -2.37. The minimum absolute atomic E-state index is 0.0601. The molecule has 1 aliphatic heterocycles. The topological polar surface area (TPSA) is 49.2 Å². The maximum atomic E-state index is 9.86. The van der Waals surface area contributed by atoms with Gasteiger partial charge in [-0.05, 0) is 67.5 Å². The molecule has 1 fully saturated rings. The van der Waals surface area contributed by atoms with Gasteiger partial charge in [-0.3, -0.25) is 14.9 Å². The second kappa shape index (κ2) is 8.85. The van der Waals surface area contributed by atoms with Crippen LogP contribution in [0.1, 0.15) is 65.0 Å². The number of aromatic nitrogens is 2. The maximum Gasteiger partial charge on any atom is 0.0685 e. The number of likely N-dealkylation sites (tertiary alicyclic amines) is 1. The van der Waals surface area contributed by atoms with Gasteiger partial charge in [0, 0.05) is 18.9 Å². The summed E-state index contributed by atoms with van der Waals surface area (Å²) in [6.07, 6.45) is 7.12. The van der Waals surface area contributed by atoms with E-state index in [4.69, 9.17) is 9.97 Å². The van der Waals surface area contributed by atoms with Crippen LogP contribution >= 0.6 is 0 Å². The van der Waals surface area contributed by atoms with Crippen molar-refractivity contribution in [2.75, 3.05) is 0 Å². The van der Waals surface area contributed by atoms with Crippen LogP contribution in [0.25, 0.3) is 0 Å². The number of piperidine rings is 1. The van der Waals surface area contributed by atoms with E-state index in [0.29, 0.717) is 0 Å². The monoisotopic (exact) mass is 387 g/mol. The highest BCUT2D eigenvalue weighted by molar-refractivity contribution is 5.30. The van der Waals surface area contributed by atoms with Gasteiger partial charge in [-0.1, -0.05) is 36.4 Å². The molecule has 3 aromatic rings. The third-order valence-electron chi connectivity index (χ3n) is 6.13. The fraction of sp³-hybridized carbons (Fsp3) is 0.360. The van der Waals surface area contributed by atoms with Crippen molar-refractivity contribution >= 4 is 0 Å². The summed E-state index contributed by atoms with van der Waals surface area (Å²) >= 11 is 0. The van der Waals surface area contributed by atoms with E-state index < -0.39 is 0 Å². The Morgan fingerprint density at radius 3 is 1.90 bits per heavy atom. The zero-order chi connectivity index (χ0) is 20.2. The maximum absolute atomic E-state index is 9.86. The Labute approximate surface area is 173 Å². The summed E-state index contributed by atoms with van der Waals surface area (Å²) in [5, 5.41) is 9.86. The molecule has 0 saturated carbocycles. The van der Waals surface area contributed by atoms with Crippen LogP contribution in [0.5, 0.6) is 0 Å². The Morgan fingerprint density at radius 1 is 0.828 bits per heavy atom. The zero-order valence-electron chi connectivity index (χ0n) is 17.3. The van der Waals surface area contributed by atoms with Gasteiger partial charge in [-0.25, -0.2) is 0 Å². The summed E-state index contributed by atoms with van der Waals surface area (Å²) in [6.45, 7) is 5.14. The van der Waals surface area contributed by atoms with Crippen LogP contribution in [-0.2, 0) is 13.2 Å². The molecule has 29 heavy (non-hydrogen) atoms. The average Bonchev–Trinajstić information content (AvgIpc) is 2.75. The number of benzene rings is 1. The molecule has 4 rings (SSSR count). The van der Waals surface area contributed by atoms with Crippen molar-refractivity contribution in [3.05, 3.63) is 94.6 Å². The van der Waals surface area contributed by atoms with Crippen molar-refractivity contribution in [1.82, 2.24) is 14.9 Å². The molecule has 4 heteroatoms. The van der Waals surface area contributed by atoms with Gasteiger partial charge in [0.15, 0.2) is 0 Å². The van der Waals surface area contributed by atoms with E-state index >= 15 is 0 Å². The van der Waals surface area contributed by atoms with E-state index in [1.807, 2.05) is 36.7 Å². The molecule has 150 valence electrons. The number of aryl methyl sites for hydroxylation is 2. The van der Waals surface area contributed by atoms with Crippen LogP contribution in [0.3, 0.4) is 0 Å².